The Labute approximate surface area is 116 Å². The maximum absolute atomic E-state index is 12.3. The van der Waals surface area contributed by atoms with Crippen LogP contribution in [-0.2, 0) is 17.9 Å². The third kappa shape index (κ3) is 2.28. The molecule has 1 saturated heterocycles. The quantitative estimate of drug-likeness (QED) is 0.704. The van der Waals surface area contributed by atoms with Gasteiger partial charge < -0.3 is 20.4 Å². The summed E-state index contributed by atoms with van der Waals surface area (Å²) >= 11 is 0. The molecule has 0 spiro atoms. The van der Waals surface area contributed by atoms with E-state index in [4.69, 9.17) is 5.11 Å². The average molecular weight is 276 g/mol. The van der Waals surface area contributed by atoms with Crippen LogP contribution in [0.2, 0.25) is 0 Å². The first kappa shape index (κ1) is 13.1. The van der Waals surface area contributed by atoms with Gasteiger partial charge in [0.2, 0.25) is 5.91 Å². The molecular formula is C14H16N2O4. The molecule has 3 N–H and O–H groups in total. The Morgan fingerprint density at radius 3 is 2.65 bits per heavy atom. The lowest BCUT2D eigenvalue weighted by Crippen LogP contribution is -2.40. The zero-order chi connectivity index (χ0) is 14.3. The van der Waals surface area contributed by atoms with Gasteiger partial charge in [0, 0.05) is 19.6 Å². The van der Waals surface area contributed by atoms with Crippen molar-refractivity contribution in [2.45, 2.75) is 31.7 Å². The van der Waals surface area contributed by atoms with Crippen LogP contribution in [0.5, 0.6) is 0 Å². The molecule has 2 aliphatic rings. The highest BCUT2D eigenvalue weighted by molar-refractivity contribution is 5.88. The first-order valence-electron chi connectivity index (χ1n) is 6.60. The number of aromatic carboxylic acids is 1. The van der Waals surface area contributed by atoms with E-state index in [1.165, 1.54) is 0 Å². The Kier molecular flexibility index (Phi) is 3.19. The van der Waals surface area contributed by atoms with E-state index in [2.05, 4.69) is 5.32 Å². The van der Waals surface area contributed by atoms with Gasteiger partial charge in [0.25, 0.3) is 0 Å². The van der Waals surface area contributed by atoms with Crippen LogP contribution < -0.4 is 5.32 Å². The highest BCUT2D eigenvalue weighted by Gasteiger charge is 2.33. The summed E-state index contributed by atoms with van der Waals surface area (Å²) in [5.41, 5.74) is 2.12. The molecule has 106 valence electrons. The summed E-state index contributed by atoms with van der Waals surface area (Å²) in [4.78, 5) is 25.0. The van der Waals surface area contributed by atoms with Gasteiger partial charge in [-0.2, -0.15) is 0 Å². The van der Waals surface area contributed by atoms with Gasteiger partial charge in [-0.05, 0) is 29.7 Å². The zero-order valence-corrected chi connectivity index (χ0v) is 10.9. The Balaban J connectivity index is 1.73. The molecule has 0 aromatic heterocycles. The van der Waals surface area contributed by atoms with Crippen molar-refractivity contribution in [1.82, 2.24) is 10.2 Å². The Bertz CT molecular complexity index is 572. The molecule has 1 aromatic carbocycles. The Morgan fingerprint density at radius 2 is 2.00 bits per heavy atom. The summed E-state index contributed by atoms with van der Waals surface area (Å²) in [7, 11) is 0. The van der Waals surface area contributed by atoms with E-state index in [0.29, 0.717) is 26.1 Å². The first-order valence-corrected chi connectivity index (χ1v) is 6.60. The lowest BCUT2D eigenvalue weighted by Gasteiger charge is -2.19. The number of carboxylic acids is 1. The van der Waals surface area contributed by atoms with E-state index in [1.807, 2.05) is 0 Å². The number of nitrogens with one attached hydrogen (secondary N) is 1. The molecule has 6 heteroatoms. The number of hydrogen-bond acceptors (Lipinski definition) is 4. The van der Waals surface area contributed by atoms with Crippen molar-refractivity contribution in [3.8, 4) is 0 Å². The van der Waals surface area contributed by atoms with E-state index >= 15 is 0 Å². The molecule has 1 amide bonds. The molecule has 0 radical (unpaired) electrons. The number of aliphatic hydroxyl groups excluding tert-OH is 1. The summed E-state index contributed by atoms with van der Waals surface area (Å²) < 4.78 is 0. The predicted molar refractivity (Wildman–Crippen MR) is 70.1 cm³/mol. The van der Waals surface area contributed by atoms with Gasteiger partial charge in [0.1, 0.15) is 0 Å². The van der Waals surface area contributed by atoms with Crippen molar-refractivity contribution < 1.29 is 19.8 Å². The van der Waals surface area contributed by atoms with Crippen molar-refractivity contribution in [1.29, 1.82) is 0 Å². The molecule has 2 atom stereocenters. The smallest absolute Gasteiger partial charge is 0.335 e. The van der Waals surface area contributed by atoms with Crippen LogP contribution in [0.4, 0.5) is 0 Å². The highest BCUT2D eigenvalue weighted by atomic mass is 16.4. The molecule has 2 aliphatic heterocycles. The maximum Gasteiger partial charge on any atom is 0.335 e. The number of carboxylic acid groups (broad SMARTS) is 1. The molecular weight excluding hydrogens is 260 g/mol. The van der Waals surface area contributed by atoms with Crippen LogP contribution in [0.3, 0.4) is 0 Å². The summed E-state index contributed by atoms with van der Waals surface area (Å²) in [6, 6.07) is 4.62. The molecule has 2 heterocycles. The van der Waals surface area contributed by atoms with Crippen LogP contribution in [0, 0.1) is 0 Å². The van der Waals surface area contributed by atoms with Crippen LogP contribution >= 0.6 is 0 Å². The molecule has 1 fully saturated rings. The number of fused-ring (bicyclic) bond motifs is 1. The minimum Gasteiger partial charge on any atom is -0.478 e. The molecule has 20 heavy (non-hydrogen) atoms. The molecule has 2 unspecified atom stereocenters. The lowest BCUT2D eigenvalue weighted by atomic mass is 10.1. The highest BCUT2D eigenvalue weighted by Crippen LogP contribution is 2.25. The number of hydrogen-bond donors (Lipinski definition) is 3. The second kappa shape index (κ2) is 4.88. The fourth-order valence-electron chi connectivity index (χ4n) is 2.81. The lowest BCUT2D eigenvalue weighted by molar-refractivity contribution is -0.133. The number of carbonyl (C=O) groups is 2. The zero-order valence-electron chi connectivity index (χ0n) is 10.9. The van der Waals surface area contributed by atoms with Crippen LogP contribution in [0.1, 0.15) is 27.9 Å². The number of β-amino-alcohol motifs (C(OH)–C–C–N with tert-alkyl or cyclic N) is 1. The fraction of sp³-hybridized carbons (Fsp3) is 0.429. The van der Waals surface area contributed by atoms with Gasteiger partial charge in [-0.1, -0.05) is 6.07 Å². The van der Waals surface area contributed by atoms with E-state index in [9.17, 15) is 14.7 Å². The maximum atomic E-state index is 12.3. The topological polar surface area (TPSA) is 89.9 Å². The number of benzene rings is 1. The second-order valence-electron chi connectivity index (χ2n) is 5.33. The van der Waals surface area contributed by atoms with Gasteiger partial charge in [-0.25, -0.2) is 4.79 Å². The summed E-state index contributed by atoms with van der Waals surface area (Å²) in [5, 5.41) is 21.4. The van der Waals surface area contributed by atoms with Crippen LogP contribution in [0.15, 0.2) is 18.2 Å². The summed E-state index contributed by atoms with van der Waals surface area (Å²) in [6.07, 6.45) is -0.0287. The van der Waals surface area contributed by atoms with Crippen LogP contribution in [0.25, 0.3) is 0 Å². The Hall–Kier alpha value is -1.92. The van der Waals surface area contributed by atoms with Gasteiger partial charge in [-0.3, -0.25) is 4.79 Å². The van der Waals surface area contributed by atoms with Gasteiger partial charge in [-0.15, -0.1) is 0 Å². The number of rotatable bonds is 2. The minimum atomic E-state index is -0.960. The Morgan fingerprint density at radius 1 is 1.25 bits per heavy atom. The van der Waals surface area contributed by atoms with Crippen molar-refractivity contribution in [2.24, 2.45) is 0 Å². The number of amides is 1. The number of nitrogens with zero attached hydrogens (tertiary/aromatic N) is 1. The number of carbonyl (C=O) groups excluding carboxylic acids is 1. The van der Waals surface area contributed by atoms with Gasteiger partial charge in [0.05, 0.1) is 17.7 Å². The monoisotopic (exact) mass is 276 g/mol. The third-order valence-electron chi connectivity index (χ3n) is 3.89. The molecule has 3 rings (SSSR count). The number of aliphatic hydroxyl groups is 1. The van der Waals surface area contributed by atoms with E-state index < -0.39 is 12.1 Å². The molecule has 1 aromatic rings. The van der Waals surface area contributed by atoms with Crippen molar-refractivity contribution in [3.63, 3.8) is 0 Å². The average Bonchev–Trinajstić information content (AvgIpc) is 3.02. The molecule has 0 saturated carbocycles. The van der Waals surface area contributed by atoms with Crippen molar-refractivity contribution in [3.05, 3.63) is 34.9 Å². The predicted octanol–water partition coefficient (Wildman–Crippen LogP) is -0.0502. The largest absolute Gasteiger partial charge is 0.478 e. The van der Waals surface area contributed by atoms with E-state index in [-0.39, 0.29) is 17.5 Å². The SMILES string of the molecule is O=C(O)c1ccc2c(c1)CN(C(=O)C1CC(O)CN1)C2. The molecule has 0 bridgehead atoms. The van der Waals surface area contributed by atoms with Crippen LogP contribution in [-0.4, -0.2) is 45.7 Å². The van der Waals surface area contributed by atoms with Crippen molar-refractivity contribution >= 4 is 11.9 Å². The summed E-state index contributed by atoms with van der Waals surface area (Å²) in [5.74, 6) is -0.993. The van der Waals surface area contributed by atoms with Crippen molar-refractivity contribution in [2.75, 3.05) is 6.54 Å². The third-order valence-corrected chi connectivity index (χ3v) is 3.89. The minimum absolute atomic E-state index is 0.0328. The fourth-order valence-corrected chi connectivity index (χ4v) is 2.81. The molecule has 0 aliphatic carbocycles. The van der Waals surface area contributed by atoms with E-state index in [1.54, 1.807) is 23.1 Å². The van der Waals surface area contributed by atoms with E-state index in [0.717, 1.165) is 11.1 Å². The first-order chi connectivity index (χ1) is 9.54. The molecule has 6 nitrogen and oxygen atoms in total. The summed E-state index contributed by atoms with van der Waals surface area (Å²) in [6.45, 7) is 1.38. The van der Waals surface area contributed by atoms with Gasteiger partial charge >= 0.3 is 5.97 Å². The standard InChI is InChI=1S/C14H16N2O4/c17-11-4-12(15-5-11)13(18)16-6-9-2-1-8(14(19)20)3-10(9)7-16/h1-3,11-12,15,17H,4-7H2,(H,19,20). The normalized spacial score (nSPS) is 24.8. The second-order valence-corrected chi connectivity index (χ2v) is 5.33. The van der Waals surface area contributed by atoms with Gasteiger partial charge in [0.15, 0.2) is 0 Å².